The van der Waals surface area contributed by atoms with Gasteiger partial charge in [0.15, 0.2) is 5.69 Å². The summed E-state index contributed by atoms with van der Waals surface area (Å²) < 4.78 is 12.2. The Bertz CT molecular complexity index is 1240. The number of aromatic nitrogens is 4. The SMILES string of the molecule is CCOC(=O)c1ccn(-c2ccc(NC(=O)CCc3nnc(-c4ccc(C)cc4)o3)cc2)n1. The molecule has 33 heavy (non-hydrogen) atoms. The fourth-order valence-electron chi connectivity index (χ4n) is 3.09. The molecule has 0 aliphatic carbocycles. The molecule has 0 aliphatic rings. The maximum atomic E-state index is 12.3. The molecule has 0 atom stereocenters. The second-order valence-corrected chi connectivity index (χ2v) is 7.33. The van der Waals surface area contributed by atoms with Crippen LogP contribution in [0.4, 0.5) is 5.69 Å². The van der Waals surface area contributed by atoms with E-state index in [9.17, 15) is 9.59 Å². The molecule has 0 saturated heterocycles. The molecule has 0 bridgehead atoms. The van der Waals surface area contributed by atoms with Crippen molar-refractivity contribution in [1.82, 2.24) is 20.0 Å². The summed E-state index contributed by atoms with van der Waals surface area (Å²) in [7, 11) is 0. The molecule has 0 radical (unpaired) electrons. The van der Waals surface area contributed by atoms with Crippen LogP contribution in [0.3, 0.4) is 0 Å². The smallest absolute Gasteiger partial charge is 0.358 e. The van der Waals surface area contributed by atoms with E-state index in [1.54, 1.807) is 48.1 Å². The van der Waals surface area contributed by atoms with Gasteiger partial charge in [0.1, 0.15) is 0 Å². The van der Waals surface area contributed by atoms with Gasteiger partial charge in [0.25, 0.3) is 0 Å². The third-order valence-corrected chi connectivity index (χ3v) is 4.82. The van der Waals surface area contributed by atoms with E-state index >= 15 is 0 Å². The minimum Gasteiger partial charge on any atom is -0.461 e. The summed E-state index contributed by atoms with van der Waals surface area (Å²) >= 11 is 0. The number of nitrogens with one attached hydrogen (secondary N) is 1. The first-order chi connectivity index (χ1) is 16.0. The van der Waals surface area contributed by atoms with E-state index in [0.717, 1.165) is 16.8 Å². The molecule has 4 aromatic rings. The zero-order valence-electron chi connectivity index (χ0n) is 18.3. The summed E-state index contributed by atoms with van der Waals surface area (Å²) in [6.45, 7) is 4.04. The number of amides is 1. The Balaban J connectivity index is 1.30. The third-order valence-electron chi connectivity index (χ3n) is 4.82. The van der Waals surface area contributed by atoms with Crippen molar-refractivity contribution in [3.8, 4) is 17.1 Å². The van der Waals surface area contributed by atoms with Crippen LogP contribution in [0.2, 0.25) is 0 Å². The van der Waals surface area contributed by atoms with Crippen molar-refractivity contribution in [3.63, 3.8) is 0 Å². The van der Waals surface area contributed by atoms with E-state index in [1.165, 1.54) is 0 Å². The van der Waals surface area contributed by atoms with Gasteiger partial charge in [0.2, 0.25) is 17.7 Å². The lowest BCUT2D eigenvalue weighted by molar-refractivity contribution is -0.116. The van der Waals surface area contributed by atoms with Gasteiger partial charge in [-0.3, -0.25) is 4.79 Å². The maximum Gasteiger partial charge on any atom is 0.358 e. The average molecular weight is 445 g/mol. The van der Waals surface area contributed by atoms with E-state index in [1.807, 2.05) is 31.2 Å². The molecule has 1 amide bonds. The second-order valence-electron chi connectivity index (χ2n) is 7.33. The molecule has 9 heteroatoms. The lowest BCUT2D eigenvalue weighted by atomic mass is 10.1. The number of rotatable bonds is 8. The molecule has 4 rings (SSSR count). The Morgan fingerprint density at radius 1 is 1.03 bits per heavy atom. The predicted molar refractivity (Wildman–Crippen MR) is 121 cm³/mol. The lowest BCUT2D eigenvalue weighted by Gasteiger charge is -2.06. The van der Waals surface area contributed by atoms with Crippen molar-refractivity contribution in [2.75, 3.05) is 11.9 Å². The van der Waals surface area contributed by atoms with Crippen molar-refractivity contribution < 1.29 is 18.7 Å². The van der Waals surface area contributed by atoms with Gasteiger partial charge in [0.05, 0.1) is 12.3 Å². The molecule has 0 saturated carbocycles. The predicted octanol–water partition coefficient (Wildman–Crippen LogP) is 3.98. The molecule has 0 aliphatic heterocycles. The summed E-state index contributed by atoms with van der Waals surface area (Å²) in [5.41, 5.74) is 3.62. The molecule has 0 spiro atoms. The van der Waals surface area contributed by atoms with Crippen molar-refractivity contribution >= 4 is 17.6 Å². The van der Waals surface area contributed by atoms with Crippen LogP contribution in [0.15, 0.2) is 65.2 Å². The minimum absolute atomic E-state index is 0.165. The number of hydrogen-bond acceptors (Lipinski definition) is 7. The van der Waals surface area contributed by atoms with E-state index < -0.39 is 5.97 Å². The first-order valence-electron chi connectivity index (χ1n) is 10.5. The number of carbonyl (C=O) groups excluding carboxylic acids is 2. The van der Waals surface area contributed by atoms with Crippen molar-refractivity contribution in [2.24, 2.45) is 0 Å². The fraction of sp³-hybridized carbons (Fsp3) is 0.208. The van der Waals surface area contributed by atoms with E-state index in [4.69, 9.17) is 9.15 Å². The zero-order chi connectivity index (χ0) is 23.2. The third kappa shape index (κ3) is 5.51. The van der Waals surface area contributed by atoms with Crippen molar-refractivity contribution in [1.29, 1.82) is 0 Å². The molecule has 0 unspecified atom stereocenters. The zero-order valence-corrected chi connectivity index (χ0v) is 18.3. The highest BCUT2D eigenvalue weighted by molar-refractivity contribution is 5.90. The second kappa shape index (κ2) is 9.90. The van der Waals surface area contributed by atoms with Crippen LogP contribution in [-0.2, 0) is 16.0 Å². The Morgan fingerprint density at radius 2 is 1.79 bits per heavy atom. The molecule has 2 aromatic heterocycles. The lowest BCUT2D eigenvalue weighted by Crippen LogP contribution is -2.12. The number of ether oxygens (including phenoxy) is 1. The van der Waals surface area contributed by atoms with E-state index in [2.05, 4.69) is 20.6 Å². The van der Waals surface area contributed by atoms with Gasteiger partial charge in [-0.25, -0.2) is 9.48 Å². The first kappa shape index (κ1) is 21.9. The van der Waals surface area contributed by atoms with Crippen LogP contribution in [0.1, 0.15) is 35.3 Å². The minimum atomic E-state index is -0.465. The largest absolute Gasteiger partial charge is 0.461 e. The summed E-state index contributed by atoms with van der Waals surface area (Å²) in [6.07, 6.45) is 2.22. The number of anilines is 1. The summed E-state index contributed by atoms with van der Waals surface area (Å²) in [4.78, 5) is 24.1. The Morgan fingerprint density at radius 3 is 2.52 bits per heavy atom. The van der Waals surface area contributed by atoms with Crippen molar-refractivity contribution in [2.45, 2.75) is 26.7 Å². The van der Waals surface area contributed by atoms with Crippen LogP contribution in [0.5, 0.6) is 0 Å². The number of aryl methyl sites for hydroxylation is 2. The molecular weight excluding hydrogens is 422 g/mol. The highest BCUT2D eigenvalue weighted by atomic mass is 16.5. The molecule has 0 fully saturated rings. The molecule has 9 nitrogen and oxygen atoms in total. The monoisotopic (exact) mass is 445 g/mol. The highest BCUT2D eigenvalue weighted by Crippen LogP contribution is 2.19. The van der Waals surface area contributed by atoms with Crippen LogP contribution in [0, 0.1) is 6.92 Å². The van der Waals surface area contributed by atoms with E-state index in [-0.39, 0.29) is 18.0 Å². The summed E-state index contributed by atoms with van der Waals surface area (Å²) in [5.74, 6) is 0.215. The van der Waals surface area contributed by atoms with E-state index in [0.29, 0.717) is 30.5 Å². The number of benzene rings is 2. The number of esters is 1. The van der Waals surface area contributed by atoms with Crippen LogP contribution >= 0.6 is 0 Å². The van der Waals surface area contributed by atoms with Gasteiger partial charge in [0, 0.05) is 30.3 Å². The summed E-state index contributed by atoms with van der Waals surface area (Å²) in [5, 5.41) is 15.1. The Labute approximate surface area is 190 Å². The number of nitrogens with zero attached hydrogens (tertiary/aromatic N) is 4. The molecule has 168 valence electrons. The molecule has 2 aromatic carbocycles. The fourth-order valence-corrected chi connectivity index (χ4v) is 3.09. The van der Waals surface area contributed by atoms with Gasteiger partial charge in [-0.2, -0.15) is 5.10 Å². The topological polar surface area (TPSA) is 112 Å². The highest BCUT2D eigenvalue weighted by Gasteiger charge is 2.12. The Hall–Kier alpha value is -4.27. The Kier molecular flexibility index (Phi) is 6.58. The first-order valence-corrected chi connectivity index (χ1v) is 10.5. The van der Waals surface area contributed by atoms with Crippen LogP contribution in [0.25, 0.3) is 17.1 Å². The van der Waals surface area contributed by atoms with Gasteiger partial charge >= 0.3 is 5.97 Å². The standard InChI is InChI=1S/C24H23N5O4/c1-3-32-24(31)20-14-15-29(28-20)19-10-8-18(9-11-19)25-21(30)12-13-22-26-27-23(33-22)17-6-4-16(2)5-7-17/h4-11,14-15H,3,12-13H2,1-2H3,(H,25,30). The molecule has 1 N–H and O–H groups in total. The average Bonchev–Trinajstić information content (AvgIpc) is 3.49. The van der Waals surface area contributed by atoms with Gasteiger partial charge in [-0.15, -0.1) is 10.2 Å². The van der Waals surface area contributed by atoms with Gasteiger partial charge in [-0.1, -0.05) is 17.7 Å². The molecule has 2 heterocycles. The van der Waals surface area contributed by atoms with Crippen LogP contribution < -0.4 is 5.32 Å². The number of carbonyl (C=O) groups is 2. The normalized spacial score (nSPS) is 10.7. The van der Waals surface area contributed by atoms with Gasteiger partial charge in [-0.05, 0) is 56.3 Å². The maximum absolute atomic E-state index is 12.3. The number of hydrogen-bond donors (Lipinski definition) is 1. The van der Waals surface area contributed by atoms with Crippen LogP contribution in [-0.4, -0.2) is 38.5 Å². The van der Waals surface area contributed by atoms with Crippen molar-refractivity contribution in [3.05, 3.63) is 77.9 Å². The quantitative estimate of drug-likeness (QED) is 0.408. The molecular formula is C24H23N5O4. The van der Waals surface area contributed by atoms with Gasteiger partial charge < -0.3 is 14.5 Å². The summed E-state index contributed by atoms with van der Waals surface area (Å²) in [6, 6.07) is 16.5.